The van der Waals surface area contributed by atoms with Crippen LogP contribution in [0.1, 0.15) is 194 Å². The minimum Gasteiger partial charge on any atom is -0.394 e. The summed E-state index contributed by atoms with van der Waals surface area (Å²) in [7, 11) is 0. The number of aliphatic hydroxyl groups is 3. The van der Waals surface area contributed by atoms with Crippen LogP contribution in [0.2, 0.25) is 0 Å². The smallest absolute Gasteiger partial charge is 0.249 e. The lowest BCUT2D eigenvalue weighted by Gasteiger charge is -2.23. The van der Waals surface area contributed by atoms with Crippen LogP contribution in [0.5, 0.6) is 0 Å². The summed E-state index contributed by atoms with van der Waals surface area (Å²) in [4.78, 5) is 12.4. The second-order valence-corrected chi connectivity index (χ2v) is 12.4. The third kappa shape index (κ3) is 26.3. The molecule has 0 aromatic rings. The van der Waals surface area contributed by atoms with E-state index in [4.69, 9.17) is 0 Å². The maximum atomic E-state index is 12.4. The highest BCUT2D eigenvalue weighted by Gasteiger charge is 2.23. The maximum Gasteiger partial charge on any atom is 0.249 e. The Morgan fingerprint density at radius 3 is 1.12 bits per heavy atom. The topological polar surface area (TPSA) is 89.8 Å². The number of carbonyl (C=O) groups excluding carboxylic acids is 1. The van der Waals surface area contributed by atoms with Gasteiger partial charge in [-0.2, -0.15) is 0 Å². The lowest BCUT2D eigenvalue weighted by molar-refractivity contribution is -0.131. The Kier molecular flexibility index (Phi) is 30.8. The Hall–Kier alpha value is -0.650. The second-order valence-electron chi connectivity index (χ2n) is 12.4. The molecular formula is C35H71NO4. The van der Waals surface area contributed by atoms with Crippen molar-refractivity contribution in [2.75, 3.05) is 6.61 Å². The van der Waals surface area contributed by atoms with Crippen molar-refractivity contribution >= 4 is 5.91 Å². The zero-order valence-electron chi connectivity index (χ0n) is 27.0. The molecule has 5 heteroatoms. The van der Waals surface area contributed by atoms with Crippen LogP contribution in [0, 0.1) is 0 Å². The van der Waals surface area contributed by atoms with Gasteiger partial charge in [0.05, 0.1) is 18.8 Å². The van der Waals surface area contributed by atoms with Gasteiger partial charge in [-0.05, 0) is 12.8 Å². The van der Waals surface area contributed by atoms with E-state index in [0.717, 1.165) is 32.1 Å². The van der Waals surface area contributed by atoms with E-state index in [1.165, 1.54) is 135 Å². The van der Waals surface area contributed by atoms with Crippen LogP contribution in [0.15, 0.2) is 0 Å². The van der Waals surface area contributed by atoms with E-state index < -0.39 is 24.2 Å². The molecule has 1 amide bonds. The van der Waals surface area contributed by atoms with Crippen LogP contribution in [0.4, 0.5) is 0 Å². The number of aliphatic hydroxyl groups excluding tert-OH is 3. The van der Waals surface area contributed by atoms with Crippen molar-refractivity contribution in [3.8, 4) is 0 Å². The molecule has 3 unspecified atom stereocenters. The number of carbonyl (C=O) groups is 1. The summed E-state index contributed by atoms with van der Waals surface area (Å²) in [6, 6.07) is -0.703. The molecule has 240 valence electrons. The SMILES string of the molecule is CCCCCCCCCCCCCCCCC(O)C(=O)NC(CO)C(O)CCCCCCCCCCCCCC. The van der Waals surface area contributed by atoms with E-state index in [2.05, 4.69) is 19.2 Å². The van der Waals surface area contributed by atoms with E-state index in [-0.39, 0.29) is 6.61 Å². The summed E-state index contributed by atoms with van der Waals surface area (Å²) in [6.07, 6.45) is 32.2. The number of rotatable bonds is 32. The van der Waals surface area contributed by atoms with E-state index in [0.29, 0.717) is 12.8 Å². The van der Waals surface area contributed by atoms with Crippen molar-refractivity contribution in [1.29, 1.82) is 0 Å². The minimum atomic E-state index is -1.06. The zero-order chi connectivity index (χ0) is 29.5. The molecular weight excluding hydrogens is 498 g/mol. The summed E-state index contributed by atoms with van der Waals surface area (Å²) in [5.41, 5.74) is 0. The number of amides is 1. The first-order chi connectivity index (χ1) is 19.6. The summed E-state index contributed by atoms with van der Waals surface area (Å²) in [6.45, 7) is 4.21. The van der Waals surface area contributed by atoms with Crippen LogP contribution in [-0.2, 0) is 4.79 Å². The normalized spacial score (nSPS) is 13.8. The number of unbranched alkanes of at least 4 members (excludes halogenated alkanes) is 24. The van der Waals surface area contributed by atoms with Gasteiger partial charge in [-0.1, -0.05) is 181 Å². The molecule has 0 aromatic carbocycles. The summed E-state index contributed by atoms with van der Waals surface area (Å²) in [5, 5.41) is 33.0. The Balaban J connectivity index is 3.67. The molecule has 5 nitrogen and oxygen atoms in total. The van der Waals surface area contributed by atoms with Crippen LogP contribution in [0.25, 0.3) is 0 Å². The highest BCUT2D eigenvalue weighted by atomic mass is 16.3. The fourth-order valence-electron chi connectivity index (χ4n) is 5.60. The lowest BCUT2D eigenvalue weighted by Crippen LogP contribution is -2.49. The molecule has 4 N–H and O–H groups in total. The Morgan fingerprint density at radius 1 is 0.500 bits per heavy atom. The average Bonchev–Trinajstić information content (AvgIpc) is 2.96. The summed E-state index contributed by atoms with van der Waals surface area (Å²) < 4.78 is 0. The predicted molar refractivity (Wildman–Crippen MR) is 172 cm³/mol. The fourth-order valence-corrected chi connectivity index (χ4v) is 5.60. The van der Waals surface area contributed by atoms with Gasteiger partial charge in [-0.25, -0.2) is 0 Å². The molecule has 0 aromatic heterocycles. The Labute approximate surface area is 249 Å². The Morgan fingerprint density at radius 2 is 0.800 bits per heavy atom. The quantitative estimate of drug-likeness (QED) is 0.0608. The number of hydrogen-bond acceptors (Lipinski definition) is 4. The molecule has 0 radical (unpaired) electrons. The first-order valence-corrected chi connectivity index (χ1v) is 17.8. The van der Waals surface area contributed by atoms with E-state index >= 15 is 0 Å². The van der Waals surface area contributed by atoms with Gasteiger partial charge < -0.3 is 20.6 Å². The van der Waals surface area contributed by atoms with Crippen molar-refractivity contribution < 1.29 is 20.1 Å². The first-order valence-electron chi connectivity index (χ1n) is 17.8. The van der Waals surface area contributed by atoms with Crippen LogP contribution < -0.4 is 5.32 Å². The van der Waals surface area contributed by atoms with Gasteiger partial charge in [0.15, 0.2) is 0 Å². The van der Waals surface area contributed by atoms with Crippen LogP contribution >= 0.6 is 0 Å². The predicted octanol–water partition coefficient (Wildman–Crippen LogP) is 9.15. The zero-order valence-corrected chi connectivity index (χ0v) is 27.0. The van der Waals surface area contributed by atoms with Crippen molar-refractivity contribution in [3.05, 3.63) is 0 Å². The monoisotopic (exact) mass is 570 g/mol. The second kappa shape index (κ2) is 31.3. The molecule has 0 aliphatic carbocycles. The molecule has 0 aliphatic heterocycles. The van der Waals surface area contributed by atoms with Gasteiger partial charge in [0.2, 0.25) is 5.91 Å². The fraction of sp³-hybridized carbons (Fsp3) is 0.971. The van der Waals surface area contributed by atoms with E-state index in [9.17, 15) is 20.1 Å². The highest BCUT2D eigenvalue weighted by molar-refractivity contribution is 5.80. The van der Waals surface area contributed by atoms with E-state index in [1.807, 2.05) is 0 Å². The molecule has 3 atom stereocenters. The van der Waals surface area contributed by atoms with Gasteiger partial charge in [0.1, 0.15) is 6.10 Å². The molecule has 0 aliphatic rings. The number of hydrogen-bond donors (Lipinski definition) is 4. The molecule has 0 fully saturated rings. The molecule has 40 heavy (non-hydrogen) atoms. The van der Waals surface area contributed by atoms with Crippen molar-refractivity contribution in [2.45, 2.75) is 212 Å². The lowest BCUT2D eigenvalue weighted by atomic mass is 10.0. The first kappa shape index (κ1) is 39.4. The van der Waals surface area contributed by atoms with Crippen molar-refractivity contribution in [1.82, 2.24) is 5.32 Å². The summed E-state index contributed by atoms with van der Waals surface area (Å²) >= 11 is 0. The average molecular weight is 570 g/mol. The van der Waals surface area contributed by atoms with Gasteiger partial charge in [-0.3, -0.25) is 4.79 Å². The molecule has 0 bridgehead atoms. The van der Waals surface area contributed by atoms with Crippen LogP contribution in [-0.4, -0.2) is 46.1 Å². The largest absolute Gasteiger partial charge is 0.394 e. The highest BCUT2D eigenvalue weighted by Crippen LogP contribution is 2.15. The standard InChI is InChI=1S/C35H71NO4/c1-3-5-7-9-11-13-15-17-18-20-22-24-26-28-30-34(39)35(40)36-32(31-37)33(38)29-27-25-23-21-19-16-14-12-10-8-6-4-2/h32-34,37-39H,3-31H2,1-2H3,(H,36,40). The van der Waals surface area contributed by atoms with Gasteiger partial charge in [0, 0.05) is 0 Å². The molecule has 0 saturated carbocycles. The molecule has 0 heterocycles. The molecule has 0 saturated heterocycles. The molecule has 0 rings (SSSR count). The third-order valence-corrected chi connectivity index (χ3v) is 8.48. The Bertz CT molecular complexity index is 516. The van der Waals surface area contributed by atoms with Gasteiger partial charge >= 0.3 is 0 Å². The summed E-state index contributed by atoms with van der Waals surface area (Å²) in [5.74, 6) is -0.470. The van der Waals surface area contributed by atoms with Crippen LogP contribution in [0.3, 0.4) is 0 Å². The van der Waals surface area contributed by atoms with E-state index in [1.54, 1.807) is 0 Å². The third-order valence-electron chi connectivity index (χ3n) is 8.48. The van der Waals surface area contributed by atoms with Crippen molar-refractivity contribution in [2.24, 2.45) is 0 Å². The molecule has 0 spiro atoms. The maximum absolute atomic E-state index is 12.4. The van der Waals surface area contributed by atoms with Crippen molar-refractivity contribution in [3.63, 3.8) is 0 Å². The number of nitrogens with one attached hydrogen (secondary N) is 1. The minimum absolute atomic E-state index is 0.309. The van der Waals surface area contributed by atoms with Gasteiger partial charge in [-0.15, -0.1) is 0 Å². The van der Waals surface area contributed by atoms with Gasteiger partial charge in [0.25, 0.3) is 0 Å².